The summed E-state index contributed by atoms with van der Waals surface area (Å²) >= 11 is 1.27. The lowest BCUT2D eigenvalue weighted by atomic mass is 10.1. The number of benzene rings is 2. The van der Waals surface area contributed by atoms with Crippen LogP contribution in [0, 0.1) is 0 Å². The molecule has 4 aromatic rings. The Balaban J connectivity index is 1.31. The zero-order valence-corrected chi connectivity index (χ0v) is 16.5. The predicted molar refractivity (Wildman–Crippen MR) is 110 cm³/mol. The van der Waals surface area contributed by atoms with E-state index >= 15 is 0 Å². The Morgan fingerprint density at radius 3 is 2.79 bits per heavy atom. The van der Waals surface area contributed by atoms with Gasteiger partial charge in [0.2, 0.25) is 0 Å². The Labute approximate surface area is 171 Å². The molecule has 1 atom stereocenters. The third kappa shape index (κ3) is 4.49. The summed E-state index contributed by atoms with van der Waals surface area (Å²) in [7, 11) is 0. The van der Waals surface area contributed by atoms with Crippen LogP contribution in [0.5, 0.6) is 5.75 Å². The Bertz CT molecular complexity index is 1120. The molecule has 4 rings (SSSR count). The molecule has 0 aliphatic carbocycles. The van der Waals surface area contributed by atoms with E-state index in [4.69, 9.17) is 9.15 Å². The number of rotatable bonds is 8. The molecule has 2 aromatic carbocycles. The number of carbonyl (C=O) groups is 1. The first-order valence-corrected chi connectivity index (χ1v) is 10.0. The van der Waals surface area contributed by atoms with Crippen LogP contribution in [0.3, 0.4) is 0 Å². The summed E-state index contributed by atoms with van der Waals surface area (Å²) in [5.74, 6) is 1.38. The van der Waals surface area contributed by atoms with Crippen molar-refractivity contribution >= 4 is 28.4 Å². The third-order valence-electron chi connectivity index (χ3n) is 4.33. The highest BCUT2D eigenvalue weighted by molar-refractivity contribution is 7.99. The molecule has 148 valence electrons. The van der Waals surface area contributed by atoms with Gasteiger partial charge in [-0.05, 0) is 37.3 Å². The molecule has 0 fully saturated rings. The summed E-state index contributed by atoms with van der Waals surface area (Å²) in [5.41, 5.74) is 2.47. The molecule has 7 nitrogen and oxygen atoms in total. The van der Waals surface area contributed by atoms with E-state index in [9.17, 15) is 9.90 Å². The molecule has 2 aromatic heterocycles. The van der Waals surface area contributed by atoms with Crippen molar-refractivity contribution in [2.45, 2.75) is 18.3 Å². The largest absolute Gasteiger partial charge is 0.491 e. The van der Waals surface area contributed by atoms with Gasteiger partial charge in [0.15, 0.2) is 5.78 Å². The minimum Gasteiger partial charge on any atom is -0.491 e. The molecular formula is C21H19N3O4S. The smallest absolute Gasteiger partial charge is 0.276 e. The molecule has 0 amide bonds. The van der Waals surface area contributed by atoms with E-state index in [0.717, 1.165) is 16.5 Å². The summed E-state index contributed by atoms with van der Waals surface area (Å²) in [6.45, 7) is 1.63. The molecule has 8 heteroatoms. The van der Waals surface area contributed by atoms with Crippen molar-refractivity contribution in [3.63, 3.8) is 0 Å². The van der Waals surface area contributed by atoms with Gasteiger partial charge in [-0.2, -0.15) is 0 Å². The van der Waals surface area contributed by atoms with E-state index in [-0.39, 0.29) is 12.4 Å². The maximum absolute atomic E-state index is 11.3. The number of aliphatic hydroxyl groups excluding tert-OH is 1. The second kappa shape index (κ2) is 8.50. The average molecular weight is 409 g/mol. The maximum Gasteiger partial charge on any atom is 0.276 e. The highest BCUT2D eigenvalue weighted by Crippen LogP contribution is 2.29. The van der Waals surface area contributed by atoms with Crippen molar-refractivity contribution in [2.24, 2.45) is 0 Å². The Morgan fingerprint density at radius 2 is 2.00 bits per heavy atom. The lowest BCUT2D eigenvalue weighted by Crippen LogP contribution is -2.20. The summed E-state index contributed by atoms with van der Waals surface area (Å²) in [4.78, 5) is 14.5. The lowest BCUT2D eigenvalue weighted by Gasteiger charge is -2.11. The Hall–Kier alpha value is -3.10. The van der Waals surface area contributed by atoms with Crippen molar-refractivity contribution in [1.29, 1.82) is 0 Å². The number of hydrogen-bond acceptors (Lipinski definition) is 7. The summed E-state index contributed by atoms with van der Waals surface area (Å²) in [5, 5.41) is 19.7. The van der Waals surface area contributed by atoms with Crippen LogP contribution in [-0.2, 0) is 0 Å². The minimum absolute atomic E-state index is 0.000419. The third-order valence-corrected chi connectivity index (χ3v) is 5.29. The number of nitrogens with one attached hydrogen (secondary N) is 1. The van der Waals surface area contributed by atoms with Gasteiger partial charge in [0.25, 0.3) is 11.1 Å². The minimum atomic E-state index is -0.712. The normalized spacial score (nSPS) is 12.2. The highest BCUT2D eigenvalue weighted by atomic mass is 32.2. The van der Waals surface area contributed by atoms with Gasteiger partial charge >= 0.3 is 0 Å². The highest BCUT2D eigenvalue weighted by Gasteiger charge is 2.15. The van der Waals surface area contributed by atoms with Gasteiger partial charge in [0, 0.05) is 28.4 Å². The second-order valence-corrected chi connectivity index (χ2v) is 7.45. The van der Waals surface area contributed by atoms with Crippen molar-refractivity contribution in [1.82, 2.24) is 15.2 Å². The van der Waals surface area contributed by atoms with Crippen LogP contribution in [0.25, 0.3) is 22.4 Å². The lowest BCUT2D eigenvalue weighted by molar-refractivity contribution is 0.101. The fourth-order valence-corrected chi connectivity index (χ4v) is 3.49. The topological polar surface area (TPSA) is 101 Å². The second-order valence-electron chi connectivity index (χ2n) is 6.48. The van der Waals surface area contributed by atoms with Crippen LogP contribution in [-0.4, -0.2) is 44.5 Å². The number of nitrogens with zero attached hydrogens (tertiary/aromatic N) is 2. The van der Waals surface area contributed by atoms with E-state index in [0.29, 0.717) is 28.2 Å². The molecule has 2 heterocycles. The number of aromatic amines is 1. The quantitative estimate of drug-likeness (QED) is 0.336. The molecule has 0 aliphatic rings. The SMILES string of the molecule is CC(=O)c1ccc(OC[C@@H](O)CSc2nnc(-c3c[nH]c4ccccc34)o2)cc1. The number of thioether (sulfide) groups is 1. The van der Waals surface area contributed by atoms with Crippen LogP contribution in [0.15, 0.2) is 64.4 Å². The predicted octanol–water partition coefficient (Wildman–Crippen LogP) is 3.95. The van der Waals surface area contributed by atoms with Gasteiger partial charge in [0.05, 0.1) is 11.7 Å². The molecule has 0 saturated carbocycles. The number of aliphatic hydroxyl groups is 1. The molecule has 2 N–H and O–H groups in total. The number of aromatic nitrogens is 3. The Morgan fingerprint density at radius 1 is 1.21 bits per heavy atom. The van der Waals surface area contributed by atoms with Crippen molar-refractivity contribution in [3.8, 4) is 17.2 Å². The van der Waals surface area contributed by atoms with Crippen molar-refractivity contribution < 1.29 is 19.1 Å². The summed E-state index contributed by atoms with van der Waals surface area (Å²) in [6, 6.07) is 14.7. The molecule has 0 saturated heterocycles. The van der Waals surface area contributed by atoms with Gasteiger partial charge in [-0.1, -0.05) is 30.0 Å². The number of Topliss-reactive ketones (excluding diaryl/α,β-unsaturated/α-hetero) is 1. The van der Waals surface area contributed by atoms with Crippen LogP contribution in [0.1, 0.15) is 17.3 Å². The number of ketones is 1. The zero-order valence-electron chi connectivity index (χ0n) is 15.7. The van der Waals surface area contributed by atoms with Crippen LogP contribution >= 0.6 is 11.8 Å². The van der Waals surface area contributed by atoms with Crippen LogP contribution in [0.4, 0.5) is 0 Å². The van der Waals surface area contributed by atoms with E-state index in [1.807, 2.05) is 30.5 Å². The molecule has 29 heavy (non-hydrogen) atoms. The number of hydrogen-bond donors (Lipinski definition) is 2. The zero-order chi connectivity index (χ0) is 20.2. The molecule has 0 unspecified atom stereocenters. The van der Waals surface area contributed by atoms with Gasteiger partial charge in [-0.25, -0.2) is 0 Å². The average Bonchev–Trinajstić information content (AvgIpc) is 3.37. The van der Waals surface area contributed by atoms with Crippen molar-refractivity contribution in [2.75, 3.05) is 12.4 Å². The Kier molecular flexibility index (Phi) is 5.64. The van der Waals surface area contributed by atoms with Gasteiger partial charge < -0.3 is 19.2 Å². The molecule has 0 radical (unpaired) electrons. The summed E-state index contributed by atoms with van der Waals surface area (Å²) in [6.07, 6.45) is 1.13. The van der Waals surface area contributed by atoms with E-state index in [2.05, 4.69) is 15.2 Å². The first-order valence-electron chi connectivity index (χ1n) is 9.05. The number of ether oxygens (including phenoxy) is 1. The van der Waals surface area contributed by atoms with E-state index in [1.54, 1.807) is 24.3 Å². The van der Waals surface area contributed by atoms with E-state index < -0.39 is 6.10 Å². The first-order chi connectivity index (χ1) is 14.1. The molecular weight excluding hydrogens is 390 g/mol. The number of fused-ring (bicyclic) bond motifs is 1. The molecule has 0 bridgehead atoms. The van der Waals surface area contributed by atoms with Gasteiger partial charge in [-0.3, -0.25) is 4.79 Å². The van der Waals surface area contributed by atoms with Gasteiger partial charge in [-0.15, -0.1) is 10.2 Å². The number of para-hydroxylation sites is 1. The number of carbonyl (C=O) groups excluding carboxylic acids is 1. The van der Waals surface area contributed by atoms with Crippen LogP contribution in [0.2, 0.25) is 0 Å². The van der Waals surface area contributed by atoms with Crippen molar-refractivity contribution in [3.05, 3.63) is 60.3 Å². The fourth-order valence-electron chi connectivity index (χ4n) is 2.82. The number of H-pyrrole nitrogens is 1. The monoisotopic (exact) mass is 409 g/mol. The maximum atomic E-state index is 11.3. The molecule has 0 aliphatic heterocycles. The molecule has 0 spiro atoms. The summed E-state index contributed by atoms with van der Waals surface area (Å²) < 4.78 is 11.3. The standard InChI is InChI=1S/C21H19N3O4S/c1-13(25)14-6-8-16(9-7-14)27-11-15(26)12-29-21-24-23-20(28-21)18-10-22-19-5-3-2-4-17(18)19/h2-10,15,22,26H,11-12H2,1H3/t15-/m1/s1. The van der Waals surface area contributed by atoms with Gasteiger partial charge in [0.1, 0.15) is 12.4 Å². The van der Waals surface area contributed by atoms with Crippen LogP contribution < -0.4 is 4.74 Å². The first kappa shape index (κ1) is 19.2. The fraction of sp³-hybridized carbons (Fsp3) is 0.190. The van der Waals surface area contributed by atoms with E-state index in [1.165, 1.54) is 18.7 Å².